The third kappa shape index (κ3) is 7.59. The zero-order chi connectivity index (χ0) is 23.4. The van der Waals surface area contributed by atoms with Gasteiger partial charge in [0.2, 0.25) is 5.75 Å². The zero-order valence-electron chi connectivity index (χ0n) is 18.1. The summed E-state index contributed by atoms with van der Waals surface area (Å²) in [7, 11) is 8.10. The number of methoxy groups -OCH3 is 5. The van der Waals surface area contributed by atoms with Crippen molar-refractivity contribution in [2.24, 2.45) is 0 Å². The summed E-state index contributed by atoms with van der Waals surface area (Å²) in [5, 5.41) is 18.2. The molecule has 2 aromatic carbocycles. The molecule has 0 aliphatic rings. The van der Waals surface area contributed by atoms with Crippen LogP contribution in [0.3, 0.4) is 0 Å². The van der Waals surface area contributed by atoms with E-state index in [1.54, 1.807) is 35.5 Å². The average Bonchev–Trinajstić information content (AvgIpc) is 2.78. The van der Waals surface area contributed by atoms with Gasteiger partial charge in [0, 0.05) is 24.7 Å². The Bertz CT molecular complexity index is 849. The number of carbonyl (C=O) groups is 2. The van der Waals surface area contributed by atoms with E-state index in [4.69, 9.17) is 43.5 Å². The van der Waals surface area contributed by atoms with Crippen LogP contribution in [0.25, 0.3) is 0 Å². The molecule has 0 amide bonds. The summed E-state index contributed by atoms with van der Waals surface area (Å²) in [5.41, 5.74) is 2.05. The molecule has 0 unspecified atom stereocenters. The van der Waals surface area contributed by atoms with Gasteiger partial charge >= 0.3 is 11.9 Å². The third-order valence-electron chi connectivity index (χ3n) is 4.02. The summed E-state index contributed by atoms with van der Waals surface area (Å²) in [6.45, 7) is 1.27. The van der Waals surface area contributed by atoms with Gasteiger partial charge < -0.3 is 39.2 Å². The normalized spacial score (nSPS) is 9.71. The van der Waals surface area contributed by atoms with Crippen molar-refractivity contribution >= 4 is 11.9 Å². The Balaban J connectivity index is 0.000000703. The molecule has 0 spiro atoms. The molecule has 0 saturated carbocycles. The number of nitrogens with one attached hydrogen (secondary N) is 1. The molecular weight excluding hydrogens is 410 g/mol. The van der Waals surface area contributed by atoms with E-state index in [-0.39, 0.29) is 0 Å². The van der Waals surface area contributed by atoms with E-state index in [9.17, 15) is 0 Å². The van der Waals surface area contributed by atoms with E-state index in [1.165, 1.54) is 0 Å². The lowest BCUT2D eigenvalue weighted by Crippen LogP contribution is -2.14. The molecule has 0 aliphatic carbocycles. The lowest BCUT2D eigenvalue weighted by molar-refractivity contribution is -0.159. The fourth-order valence-corrected chi connectivity index (χ4v) is 2.61. The number of hydrogen-bond donors (Lipinski definition) is 3. The van der Waals surface area contributed by atoms with Gasteiger partial charge in [-0.1, -0.05) is 6.07 Å². The van der Waals surface area contributed by atoms with E-state index in [0.29, 0.717) is 30.3 Å². The first kappa shape index (κ1) is 25.4. The fourth-order valence-electron chi connectivity index (χ4n) is 2.61. The van der Waals surface area contributed by atoms with E-state index in [0.717, 1.165) is 22.6 Å². The molecule has 0 fully saturated rings. The lowest BCUT2D eigenvalue weighted by Gasteiger charge is -2.16. The maximum Gasteiger partial charge on any atom is 0.414 e. The Kier molecular flexibility index (Phi) is 10.5. The molecule has 0 saturated heterocycles. The molecule has 2 rings (SSSR count). The minimum atomic E-state index is -1.82. The van der Waals surface area contributed by atoms with Crippen molar-refractivity contribution < 1.29 is 43.5 Å². The molecule has 10 heteroatoms. The van der Waals surface area contributed by atoms with Gasteiger partial charge in [-0.15, -0.1) is 0 Å². The first-order valence-electron chi connectivity index (χ1n) is 8.97. The van der Waals surface area contributed by atoms with Crippen LogP contribution in [0.2, 0.25) is 0 Å². The van der Waals surface area contributed by atoms with Crippen LogP contribution in [-0.4, -0.2) is 57.7 Å². The van der Waals surface area contributed by atoms with Crippen molar-refractivity contribution in [1.29, 1.82) is 0 Å². The van der Waals surface area contributed by atoms with Gasteiger partial charge in [-0.25, -0.2) is 9.59 Å². The fraction of sp³-hybridized carbons (Fsp3) is 0.333. The van der Waals surface area contributed by atoms with Gasteiger partial charge in [-0.2, -0.15) is 0 Å². The molecule has 10 nitrogen and oxygen atoms in total. The Labute approximate surface area is 180 Å². The summed E-state index contributed by atoms with van der Waals surface area (Å²) in [6.07, 6.45) is 0. The maximum atomic E-state index is 9.10. The van der Waals surface area contributed by atoms with Crippen molar-refractivity contribution in [3.8, 4) is 28.7 Å². The quantitative estimate of drug-likeness (QED) is 0.501. The number of aliphatic carboxylic acids is 2. The summed E-state index contributed by atoms with van der Waals surface area (Å²) in [6, 6.07) is 9.62. The van der Waals surface area contributed by atoms with Gasteiger partial charge in [0.05, 0.1) is 35.5 Å². The van der Waals surface area contributed by atoms with E-state index < -0.39 is 11.9 Å². The SMILES string of the molecule is COc1cc(CNCc2ccc(OC)c(OC)c2OC)cc(OC)c1.O=C(O)C(=O)O. The summed E-state index contributed by atoms with van der Waals surface area (Å²) in [5.74, 6) is -0.227. The highest BCUT2D eigenvalue weighted by atomic mass is 16.5. The Hall–Kier alpha value is -3.66. The lowest BCUT2D eigenvalue weighted by atomic mass is 10.1. The number of carboxylic acids is 2. The van der Waals surface area contributed by atoms with Gasteiger partial charge in [0.15, 0.2) is 11.5 Å². The number of carboxylic acid groups (broad SMARTS) is 2. The Morgan fingerprint density at radius 3 is 1.71 bits per heavy atom. The summed E-state index contributed by atoms with van der Waals surface area (Å²) in [4.78, 5) is 18.2. The molecular formula is C21H27NO9. The number of benzene rings is 2. The predicted molar refractivity (Wildman–Crippen MR) is 111 cm³/mol. The van der Waals surface area contributed by atoms with Gasteiger partial charge in [-0.3, -0.25) is 0 Å². The number of hydrogen-bond acceptors (Lipinski definition) is 8. The smallest absolute Gasteiger partial charge is 0.414 e. The minimum absolute atomic E-state index is 0.590. The average molecular weight is 437 g/mol. The largest absolute Gasteiger partial charge is 0.497 e. The molecule has 31 heavy (non-hydrogen) atoms. The molecule has 3 N–H and O–H groups in total. The third-order valence-corrected chi connectivity index (χ3v) is 4.02. The van der Waals surface area contributed by atoms with Gasteiger partial charge in [0.25, 0.3) is 0 Å². The summed E-state index contributed by atoms with van der Waals surface area (Å²) < 4.78 is 26.8. The standard InChI is InChI=1S/C19H25NO5.C2H2O4/c1-21-15-8-13(9-16(10-15)22-2)11-20-12-14-6-7-17(23-3)19(25-5)18(14)24-4;3-1(4)2(5)6/h6-10,20H,11-12H2,1-5H3;(H,3,4)(H,5,6). The molecule has 0 atom stereocenters. The van der Waals surface area contributed by atoms with Crippen LogP contribution in [0, 0.1) is 0 Å². The van der Waals surface area contributed by atoms with Crippen LogP contribution in [-0.2, 0) is 22.7 Å². The van der Waals surface area contributed by atoms with E-state index in [1.807, 2.05) is 30.3 Å². The second-order valence-corrected chi connectivity index (χ2v) is 5.93. The van der Waals surface area contributed by atoms with Crippen LogP contribution in [0.5, 0.6) is 28.7 Å². The van der Waals surface area contributed by atoms with Crippen LogP contribution in [0.15, 0.2) is 30.3 Å². The Morgan fingerprint density at radius 2 is 1.29 bits per heavy atom. The molecule has 0 aromatic heterocycles. The van der Waals surface area contributed by atoms with Crippen molar-refractivity contribution in [2.75, 3.05) is 35.5 Å². The first-order valence-corrected chi connectivity index (χ1v) is 8.97. The van der Waals surface area contributed by atoms with Crippen molar-refractivity contribution in [1.82, 2.24) is 5.32 Å². The summed E-state index contributed by atoms with van der Waals surface area (Å²) >= 11 is 0. The molecule has 170 valence electrons. The zero-order valence-corrected chi connectivity index (χ0v) is 18.1. The number of rotatable bonds is 9. The van der Waals surface area contributed by atoms with Crippen molar-refractivity contribution in [3.63, 3.8) is 0 Å². The van der Waals surface area contributed by atoms with Crippen LogP contribution >= 0.6 is 0 Å². The van der Waals surface area contributed by atoms with Crippen molar-refractivity contribution in [3.05, 3.63) is 41.5 Å². The van der Waals surface area contributed by atoms with Crippen LogP contribution < -0.4 is 29.0 Å². The van der Waals surface area contributed by atoms with E-state index >= 15 is 0 Å². The molecule has 0 heterocycles. The molecule has 0 bridgehead atoms. The molecule has 0 aliphatic heterocycles. The maximum absolute atomic E-state index is 9.10. The first-order chi connectivity index (χ1) is 14.8. The van der Waals surface area contributed by atoms with E-state index in [2.05, 4.69) is 5.32 Å². The van der Waals surface area contributed by atoms with Gasteiger partial charge in [-0.05, 0) is 23.8 Å². The highest BCUT2D eigenvalue weighted by Gasteiger charge is 2.15. The highest BCUT2D eigenvalue weighted by molar-refractivity contribution is 6.27. The predicted octanol–water partition coefficient (Wildman–Crippen LogP) is 2.17. The van der Waals surface area contributed by atoms with Gasteiger partial charge in [0.1, 0.15) is 11.5 Å². The Morgan fingerprint density at radius 1 is 0.742 bits per heavy atom. The topological polar surface area (TPSA) is 133 Å². The second-order valence-electron chi connectivity index (χ2n) is 5.93. The number of ether oxygens (including phenoxy) is 5. The van der Waals surface area contributed by atoms with Crippen molar-refractivity contribution in [2.45, 2.75) is 13.1 Å². The molecule has 2 aromatic rings. The monoisotopic (exact) mass is 437 g/mol. The van der Waals surface area contributed by atoms with Crippen LogP contribution in [0.4, 0.5) is 0 Å². The minimum Gasteiger partial charge on any atom is -0.497 e. The second kappa shape index (κ2) is 12.8. The molecule has 0 radical (unpaired) electrons. The van der Waals surface area contributed by atoms with Crippen LogP contribution in [0.1, 0.15) is 11.1 Å². The highest BCUT2D eigenvalue weighted by Crippen LogP contribution is 2.39.